The molecule has 0 heterocycles. The largest absolute Gasteiger partial charge is 2.00 e. The van der Waals surface area contributed by atoms with Crippen LogP contribution in [0, 0.1) is 63.0 Å². The quantitative estimate of drug-likeness (QED) is 0.653. The molecule has 10 radical (unpaired) electrons. The first-order valence-corrected chi connectivity index (χ1v) is 5.97. The Kier molecular flexibility index (Phi) is 9.37. The summed E-state index contributed by atoms with van der Waals surface area (Å²) in [6.07, 6.45) is 18.5. The summed E-state index contributed by atoms with van der Waals surface area (Å²) in [4.78, 5) is 0. The van der Waals surface area contributed by atoms with Crippen LogP contribution in [0.3, 0.4) is 0 Å². The van der Waals surface area contributed by atoms with Gasteiger partial charge in [0.2, 0.25) is 0 Å². The van der Waals surface area contributed by atoms with Crippen LogP contribution in [-0.2, 0) is 17.1 Å². The van der Waals surface area contributed by atoms with Crippen molar-refractivity contribution in [2.45, 2.75) is 25.5 Å². The molecule has 0 nitrogen and oxygen atoms in total. The minimum absolute atomic E-state index is 0. The molecule has 16 heavy (non-hydrogen) atoms. The first kappa shape index (κ1) is 16.9. The van der Waals surface area contributed by atoms with E-state index in [1.54, 1.807) is 0 Å². The standard InChI is InChI=1S/C9H13S.C5H5.Fe/c1-9(2,3)10-8-6-4-5-7-8;1-2-4-5-3-1;/h4-7H,1-3H3;1-5H;/q;;+2. The van der Waals surface area contributed by atoms with Crippen molar-refractivity contribution >= 4 is 11.8 Å². The Bertz CT molecular complexity index is 145. The van der Waals surface area contributed by atoms with Crippen LogP contribution >= 0.6 is 11.8 Å². The van der Waals surface area contributed by atoms with Gasteiger partial charge < -0.3 is 0 Å². The summed E-state index contributed by atoms with van der Waals surface area (Å²) in [5, 5.41) is 1.37. The zero-order valence-electron chi connectivity index (χ0n) is 9.96. The van der Waals surface area contributed by atoms with Gasteiger partial charge in [-0.25, -0.2) is 0 Å². The van der Waals surface area contributed by atoms with Crippen molar-refractivity contribution < 1.29 is 17.1 Å². The van der Waals surface area contributed by atoms with Gasteiger partial charge >= 0.3 is 17.1 Å². The summed E-state index contributed by atoms with van der Waals surface area (Å²) < 4.78 is 0.342. The Morgan fingerprint density at radius 2 is 1.12 bits per heavy atom. The van der Waals surface area contributed by atoms with Crippen molar-refractivity contribution in [3.05, 3.63) is 63.0 Å². The van der Waals surface area contributed by atoms with Crippen molar-refractivity contribution in [2.75, 3.05) is 0 Å². The van der Waals surface area contributed by atoms with Gasteiger partial charge in [-0.15, -0.1) is 11.8 Å². The van der Waals surface area contributed by atoms with Crippen LogP contribution in [0.1, 0.15) is 20.8 Å². The zero-order chi connectivity index (χ0) is 11.1. The zero-order valence-corrected chi connectivity index (χ0v) is 11.9. The molecule has 0 unspecified atom stereocenters. The maximum atomic E-state index is 2.23. The second-order valence-electron chi connectivity index (χ2n) is 4.30. The average molecular weight is 274 g/mol. The van der Waals surface area contributed by atoms with Gasteiger partial charge in [0, 0.05) is 10.00 Å². The third kappa shape index (κ3) is 8.96. The molecular formula is C14H18FeS+2. The maximum absolute atomic E-state index is 2.23. The van der Waals surface area contributed by atoms with Crippen molar-refractivity contribution in [3.63, 3.8) is 0 Å². The van der Waals surface area contributed by atoms with Gasteiger partial charge in [-0.1, -0.05) is 20.8 Å². The maximum Gasteiger partial charge on any atom is 2.00 e. The van der Waals surface area contributed by atoms with E-state index < -0.39 is 0 Å². The van der Waals surface area contributed by atoms with Gasteiger partial charge in [-0.3, -0.25) is 0 Å². The second-order valence-corrected chi connectivity index (χ2v) is 6.20. The summed E-state index contributed by atoms with van der Waals surface area (Å²) >= 11 is 1.91. The van der Waals surface area contributed by atoms with Gasteiger partial charge in [0.15, 0.2) is 0 Å². The number of hydrogen-bond acceptors (Lipinski definition) is 1. The van der Waals surface area contributed by atoms with Crippen molar-refractivity contribution in [3.8, 4) is 0 Å². The van der Waals surface area contributed by atoms with Crippen LogP contribution < -0.4 is 0 Å². The Balaban J connectivity index is 0.000000318. The Morgan fingerprint density at radius 3 is 1.44 bits per heavy atom. The molecule has 2 rings (SSSR count). The van der Waals surface area contributed by atoms with Crippen molar-refractivity contribution in [2.24, 2.45) is 0 Å². The smallest absolute Gasteiger partial charge is 0.147 e. The molecule has 0 saturated heterocycles. The van der Waals surface area contributed by atoms with Gasteiger partial charge in [0.25, 0.3) is 0 Å². The van der Waals surface area contributed by atoms with E-state index in [1.807, 2.05) is 43.9 Å². The molecule has 86 valence electrons. The van der Waals surface area contributed by atoms with E-state index in [9.17, 15) is 0 Å². The molecule has 2 saturated carbocycles. The van der Waals surface area contributed by atoms with Crippen molar-refractivity contribution in [1.29, 1.82) is 0 Å². The average Bonchev–Trinajstić information content (AvgIpc) is 2.71. The molecule has 2 fully saturated rings. The minimum atomic E-state index is 0. The molecule has 0 aromatic heterocycles. The van der Waals surface area contributed by atoms with Crippen LogP contribution in [-0.4, -0.2) is 4.75 Å². The summed E-state index contributed by atoms with van der Waals surface area (Å²) in [6, 6.07) is 0. The van der Waals surface area contributed by atoms with Gasteiger partial charge in [-0.2, -0.15) is 0 Å². The second kappa shape index (κ2) is 8.89. The van der Waals surface area contributed by atoms with Gasteiger partial charge in [0.1, 0.15) is 0 Å². The Labute approximate surface area is 117 Å². The molecular weight excluding hydrogens is 256 g/mol. The fourth-order valence-electron chi connectivity index (χ4n) is 1.10. The first-order valence-electron chi connectivity index (χ1n) is 5.15. The molecule has 2 aliphatic rings. The predicted octanol–water partition coefficient (Wildman–Crippen LogP) is 3.90. The van der Waals surface area contributed by atoms with Crippen LogP contribution in [0.4, 0.5) is 0 Å². The van der Waals surface area contributed by atoms with Crippen LogP contribution in [0.15, 0.2) is 0 Å². The SMILES string of the molecule is CC(C)(C)S[C]1[CH][CH][CH][CH]1.[CH]1[CH][CH][CH][CH]1.[Fe+2]. The fraction of sp³-hybridized carbons (Fsp3) is 0.286. The van der Waals surface area contributed by atoms with Crippen LogP contribution in [0.5, 0.6) is 0 Å². The molecule has 0 aliphatic heterocycles. The van der Waals surface area contributed by atoms with Crippen LogP contribution in [0.25, 0.3) is 0 Å². The van der Waals surface area contributed by atoms with E-state index in [4.69, 9.17) is 0 Å². The molecule has 2 heteroatoms. The Morgan fingerprint density at radius 1 is 0.750 bits per heavy atom. The van der Waals surface area contributed by atoms with E-state index >= 15 is 0 Å². The molecule has 0 spiro atoms. The summed E-state index contributed by atoms with van der Waals surface area (Å²) in [7, 11) is 0. The number of hydrogen-bond donors (Lipinski definition) is 0. The van der Waals surface area contributed by atoms with E-state index in [1.165, 1.54) is 5.25 Å². The fourth-order valence-corrected chi connectivity index (χ4v) is 2.10. The minimum Gasteiger partial charge on any atom is -0.147 e. The van der Waals surface area contributed by atoms with Gasteiger partial charge in [-0.05, 0) is 57.8 Å². The van der Waals surface area contributed by atoms with E-state index in [2.05, 4.69) is 46.5 Å². The summed E-state index contributed by atoms with van der Waals surface area (Å²) in [6.45, 7) is 6.68. The molecule has 0 N–H and O–H groups in total. The van der Waals surface area contributed by atoms with Crippen LogP contribution in [0.2, 0.25) is 0 Å². The third-order valence-electron chi connectivity index (χ3n) is 1.61. The Hall–Kier alpha value is 0.869. The molecule has 0 aromatic carbocycles. The molecule has 2 aliphatic carbocycles. The predicted molar refractivity (Wildman–Crippen MR) is 69.3 cm³/mol. The molecule has 0 amide bonds. The number of rotatable bonds is 1. The first-order chi connectivity index (χ1) is 7.08. The number of thioether (sulfide) groups is 1. The van der Waals surface area contributed by atoms with Crippen molar-refractivity contribution in [1.82, 2.24) is 0 Å². The van der Waals surface area contributed by atoms with E-state index in [0.29, 0.717) is 4.75 Å². The normalized spacial score (nSPS) is 21.2. The summed E-state index contributed by atoms with van der Waals surface area (Å²) in [5.74, 6) is 0. The van der Waals surface area contributed by atoms with Gasteiger partial charge in [0.05, 0.1) is 0 Å². The molecule has 0 aromatic rings. The monoisotopic (exact) mass is 274 g/mol. The topological polar surface area (TPSA) is 0 Å². The summed E-state index contributed by atoms with van der Waals surface area (Å²) in [5.41, 5.74) is 0. The molecule has 0 bridgehead atoms. The van der Waals surface area contributed by atoms with E-state index in [0.717, 1.165) is 0 Å². The van der Waals surface area contributed by atoms with E-state index in [-0.39, 0.29) is 17.1 Å². The third-order valence-corrected chi connectivity index (χ3v) is 2.73. The molecule has 0 atom stereocenters.